The quantitative estimate of drug-likeness (QED) is 0.838. The molecule has 0 bridgehead atoms. The van der Waals surface area contributed by atoms with Crippen molar-refractivity contribution in [3.05, 3.63) is 24.3 Å². The highest BCUT2D eigenvalue weighted by Crippen LogP contribution is 2.16. The third-order valence-corrected chi connectivity index (χ3v) is 5.06. The molecule has 0 aliphatic rings. The molecule has 0 fully saturated rings. The molecule has 0 saturated carbocycles. The van der Waals surface area contributed by atoms with E-state index in [1.807, 2.05) is 0 Å². The van der Waals surface area contributed by atoms with E-state index < -0.39 is 37.8 Å². The first-order valence-electron chi connectivity index (χ1n) is 4.87. The highest BCUT2D eigenvalue weighted by atomic mass is 32.2. The van der Waals surface area contributed by atoms with Crippen LogP contribution in [0.5, 0.6) is 0 Å². The van der Waals surface area contributed by atoms with Gasteiger partial charge in [0.2, 0.25) is 0 Å². The molecule has 1 rings (SSSR count). The second-order valence-corrected chi connectivity index (χ2v) is 7.83. The van der Waals surface area contributed by atoms with Crippen LogP contribution < -0.4 is 0 Å². The normalized spacial score (nSPS) is 12.3. The SMILES string of the molecule is CS(=O)(=O)c1ccc(S(=O)(=O)CCC(=O)O)cc1. The van der Waals surface area contributed by atoms with Crippen molar-refractivity contribution < 1.29 is 26.7 Å². The largest absolute Gasteiger partial charge is 0.481 e. The Morgan fingerprint density at radius 3 is 1.89 bits per heavy atom. The maximum atomic E-state index is 11.7. The van der Waals surface area contributed by atoms with Gasteiger partial charge in [0.1, 0.15) is 0 Å². The maximum Gasteiger partial charge on any atom is 0.304 e. The standard InChI is InChI=1S/C10H12O6S2/c1-17(13,14)8-2-4-9(5-3-8)18(15,16)7-6-10(11)12/h2-5H,6-7H2,1H3,(H,11,12). The van der Waals surface area contributed by atoms with E-state index >= 15 is 0 Å². The lowest BCUT2D eigenvalue weighted by Crippen LogP contribution is -2.11. The Balaban J connectivity index is 3.02. The molecule has 100 valence electrons. The van der Waals surface area contributed by atoms with E-state index in [4.69, 9.17) is 5.11 Å². The summed E-state index contributed by atoms with van der Waals surface area (Å²) in [6.07, 6.45) is 0.525. The minimum Gasteiger partial charge on any atom is -0.481 e. The van der Waals surface area contributed by atoms with Crippen LogP contribution in [0, 0.1) is 0 Å². The van der Waals surface area contributed by atoms with Gasteiger partial charge in [-0.2, -0.15) is 0 Å². The molecule has 0 aliphatic heterocycles. The predicted octanol–water partition coefficient (Wildman–Crippen LogP) is 0.338. The smallest absolute Gasteiger partial charge is 0.304 e. The van der Waals surface area contributed by atoms with E-state index in [1.165, 1.54) is 12.1 Å². The maximum absolute atomic E-state index is 11.7. The van der Waals surface area contributed by atoms with Gasteiger partial charge in [-0.1, -0.05) is 0 Å². The van der Waals surface area contributed by atoms with E-state index in [2.05, 4.69) is 0 Å². The molecular weight excluding hydrogens is 280 g/mol. The zero-order valence-electron chi connectivity index (χ0n) is 9.53. The zero-order chi connectivity index (χ0) is 14.0. The predicted molar refractivity (Wildman–Crippen MR) is 63.9 cm³/mol. The lowest BCUT2D eigenvalue weighted by Gasteiger charge is -2.04. The summed E-state index contributed by atoms with van der Waals surface area (Å²) in [5.41, 5.74) is 0. The Labute approximate surface area is 105 Å². The molecule has 0 spiro atoms. The van der Waals surface area contributed by atoms with Crippen LogP contribution in [-0.4, -0.2) is 39.9 Å². The fourth-order valence-electron chi connectivity index (χ4n) is 1.23. The Kier molecular flexibility index (Phi) is 4.12. The zero-order valence-corrected chi connectivity index (χ0v) is 11.2. The van der Waals surface area contributed by atoms with Crippen LogP contribution in [0.25, 0.3) is 0 Å². The number of hydrogen-bond acceptors (Lipinski definition) is 5. The number of sulfone groups is 2. The highest BCUT2D eigenvalue weighted by Gasteiger charge is 2.17. The average Bonchev–Trinajstić information content (AvgIpc) is 2.26. The first kappa shape index (κ1) is 14.7. The molecule has 1 aromatic rings. The summed E-state index contributed by atoms with van der Waals surface area (Å²) in [7, 11) is -7.07. The van der Waals surface area contributed by atoms with E-state index in [1.54, 1.807) is 0 Å². The summed E-state index contributed by atoms with van der Waals surface area (Å²) in [4.78, 5) is 10.2. The topological polar surface area (TPSA) is 106 Å². The van der Waals surface area contributed by atoms with Gasteiger partial charge in [-0.05, 0) is 24.3 Å². The lowest BCUT2D eigenvalue weighted by molar-refractivity contribution is -0.136. The van der Waals surface area contributed by atoms with Crippen molar-refractivity contribution in [3.8, 4) is 0 Å². The van der Waals surface area contributed by atoms with Crippen molar-refractivity contribution in [2.24, 2.45) is 0 Å². The van der Waals surface area contributed by atoms with E-state index in [9.17, 15) is 21.6 Å². The fourth-order valence-corrected chi connectivity index (χ4v) is 3.09. The van der Waals surface area contributed by atoms with Gasteiger partial charge >= 0.3 is 5.97 Å². The third-order valence-electron chi connectivity index (χ3n) is 2.20. The molecule has 0 amide bonds. The molecular formula is C10H12O6S2. The number of hydrogen-bond donors (Lipinski definition) is 1. The number of benzene rings is 1. The first-order chi connectivity index (χ1) is 8.13. The van der Waals surface area contributed by atoms with Gasteiger partial charge in [0.25, 0.3) is 0 Å². The molecule has 0 aliphatic carbocycles. The van der Waals surface area contributed by atoms with Crippen molar-refractivity contribution in [1.82, 2.24) is 0 Å². The number of rotatable bonds is 5. The fraction of sp³-hybridized carbons (Fsp3) is 0.300. The number of carboxylic acids is 1. The van der Waals surface area contributed by atoms with Crippen LogP contribution in [0.15, 0.2) is 34.1 Å². The van der Waals surface area contributed by atoms with Crippen LogP contribution in [0.1, 0.15) is 6.42 Å². The third kappa shape index (κ3) is 3.81. The summed E-state index contributed by atoms with van der Waals surface area (Å²) in [6.45, 7) is 0. The second-order valence-electron chi connectivity index (χ2n) is 3.71. The molecule has 1 aromatic carbocycles. The second kappa shape index (κ2) is 5.07. The minimum absolute atomic E-state index is 0.0136. The van der Waals surface area contributed by atoms with Crippen molar-refractivity contribution in [2.75, 3.05) is 12.0 Å². The minimum atomic E-state index is -3.69. The summed E-state index contributed by atoms with van der Waals surface area (Å²) in [6, 6.07) is 4.69. The van der Waals surface area contributed by atoms with Gasteiger partial charge in [0.15, 0.2) is 19.7 Å². The van der Waals surface area contributed by atoms with Crippen LogP contribution in [-0.2, 0) is 24.5 Å². The van der Waals surface area contributed by atoms with Crippen molar-refractivity contribution >= 4 is 25.6 Å². The molecule has 6 nitrogen and oxygen atoms in total. The molecule has 0 radical (unpaired) electrons. The van der Waals surface area contributed by atoms with Crippen molar-refractivity contribution in [1.29, 1.82) is 0 Å². The van der Waals surface area contributed by atoms with E-state index in [0.29, 0.717) is 0 Å². The van der Waals surface area contributed by atoms with Gasteiger partial charge in [0, 0.05) is 6.26 Å². The van der Waals surface area contributed by atoms with Gasteiger partial charge in [-0.15, -0.1) is 0 Å². The monoisotopic (exact) mass is 292 g/mol. The molecule has 18 heavy (non-hydrogen) atoms. The number of aliphatic carboxylic acids is 1. The summed E-state index contributed by atoms with van der Waals surface area (Å²) >= 11 is 0. The lowest BCUT2D eigenvalue weighted by atomic mass is 10.4. The molecule has 0 unspecified atom stereocenters. The Morgan fingerprint density at radius 2 is 1.50 bits per heavy atom. The number of carbonyl (C=O) groups is 1. The summed E-state index contributed by atoms with van der Waals surface area (Å²) in [5, 5.41) is 8.43. The highest BCUT2D eigenvalue weighted by molar-refractivity contribution is 7.91. The van der Waals surface area contributed by atoms with Crippen LogP contribution >= 0.6 is 0 Å². The molecule has 0 atom stereocenters. The average molecular weight is 292 g/mol. The van der Waals surface area contributed by atoms with E-state index in [-0.39, 0.29) is 9.79 Å². The Bertz CT molecular complexity index is 640. The van der Waals surface area contributed by atoms with Crippen LogP contribution in [0.2, 0.25) is 0 Å². The van der Waals surface area contributed by atoms with Crippen molar-refractivity contribution in [3.63, 3.8) is 0 Å². The summed E-state index contributed by atoms with van der Waals surface area (Å²) in [5.74, 6) is -1.72. The van der Waals surface area contributed by atoms with Gasteiger partial charge in [-0.25, -0.2) is 16.8 Å². The molecule has 0 saturated heterocycles. The molecule has 0 heterocycles. The van der Waals surface area contributed by atoms with Crippen molar-refractivity contribution in [2.45, 2.75) is 16.2 Å². The summed E-state index contributed by atoms with van der Waals surface area (Å²) < 4.78 is 45.7. The molecule has 1 N–H and O–H groups in total. The van der Waals surface area contributed by atoms with Crippen LogP contribution in [0.4, 0.5) is 0 Å². The molecule has 8 heteroatoms. The van der Waals surface area contributed by atoms with Gasteiger partial charge < -0.3 is 5.11 Å². The number of carboxylic acid groups (broad SMARTS) is 1. The van der Waals surface area contributed by atoms with Crippen LogP contribution in [0.3, 0.4) is 0 Å². The van der Waals surface area contributed by atoms with E-state index in [0.717, 1.165) is 18.4 Å². The Morgan fingerprint density at radius 1 is 1.06 bits per heavy atom. The van der Waals surface area contributed by atoms with Gasteiger partial charge in [-0.3, -0.25) is 4.79 Å². The Hall–Kier alpha value is -1.41. The molecule has 0 aromatic heterocycles. The first-order valence-corrected chi connectivity index (χ1v) is 8.42. The van der Waals surface area contributed by atoms with Gasteiger partial charge in [0.05, 0.1) is 22.0 Å².